The van der Waals surface area contributed by atoms with Crippen LogP contribution in [0.3, 0.4) is 0 Å². The van der Waals surface area contributed by atoms with Crippen molar-refractivity contribution in [2.45, 2.75) is 111 Å². The lowest BCUT2D eigenvalue weighted by Gasteiger charge is -2.65. The summed E-state index contributed by atoms with van der Waals surface area (Å²) in [7, 11) is 0. The minimum absolute atomic E-state index is 0.0156. The molecule has 0 spiro atoms. The van der Waals surface area contributed by atoms with Gasteiger partial charge in [0.25, 0.3) is 0 Å². The highest BCUT2D eigenvalue weighted by Crippen LogP contribution is 2.74. The molecule has 0 amide bonds. The van der Waals surface area contributed by atoms with Gasteiger partial charge in [-0.3, -0.25) is 9.59 Å². The summed E-state index contributed by atoms with van der Waals surface area (Å²) in [6, 6.07) is 0. The fourth-order valence-electron chi connectivity index (χ4n) is 9.15. The van der Waals surface area contributed by atoms with Gasteiger partial charge in [0.15, 0.2) is 5.78 Å². The SMILES string of the molecule is CC(C)(O)/C=C/C(=O)C(C)(O)[C@H]1[C@H](O)C[C@@]2(C)[C@@H]3CC=C4[C@@H](C[C@H](O)[C@H](O)C4(C)C)[C@]3(C)C(=O)C[C@]12C. The molecule has 0 saturated heterocycles. The van der Waals surface area contributed by atoms with E-state index in [-0.39, 0.29) is 24.0 Å². The van der Waals surface area contributed by atoms with E-state index in [1.54, 1.807) is 0 Å². The molecule has 7 heteroatoms. The Hall–Kier alpha value is -1.38. The molecule has 0 heterocycles. The predicted molar refractivity (Wildman–Crippen MR) is 139 cm³/mol. The third kappa shape index (κ3) is 3.79. The first-order valence-electron chi connectivity index (χ1n) is 13.6. The van der Waals surface area contributed by atoms with Crippen LogP contribution in [0, 0.1) is 39.4 Å². The Morgan fingerprint density at radius 1 is 1.00 bits per heavy atom. The minimum Gasteiger partial charge on any atom is -0.393 e. The minimum atomic E-state index is -1.94. The maximum absolute atomic E-state index is 14.2. The summed E-state index contributed by atoms with van der Waals surface area (Å²) >= 11 is 0. The molecule has 10 atom stereocenters. The van der Waals surface area contributed by atoms with Crippen molar-refractivity contribution in [3.8, 4) is 0 Å². The lowest BCUT2D eigenvalue weighted by atomic mass is 9.38. The van der Waals surface area contributed by atoms with E-state index in [0.29, 0.717) is 19.3 Å². The quantitative estimate of drug-likeness (QED) is 0.285. The maximum Gasteiger partial charge on any atom is 0.187 e. The first-order chi connectivity index (χ1) is 16.7. The van der Waals surface area contributed by atoms with Crippen molar-refractivity contribution in [1.82, 2.24) is 0 Å². The number of rotatable bonds is 4. The molecule has 1 unspecified atom stereocenters. The Labute approximate surface area is 220 Å². The Morgan fingerprint density at radius 2 is 1.59 bits per heavy atom. The third-order valence-corrected chi connectivity index (χ3v) is 11.4. The smallest absolute Gasteiger partial charge is 0.187 e. The van der Waals surface area contributed by atoms with Crippen LogP contribution in [0.2, 0.25) is 0 Å². The Bertz CT molecular complexity index is 1050. The molecule has 3 saturated carbocycles. The zero-order valence-electron chi connectivity index (χ0n) is 23.6. The molecule has 0 bridgehead atoms. The van der Waals surface area contributed by atoms with Gasteiger partial charge in [-0.05, 0) is 68.8 Å². The molecule has 0 aromatic carbocycles. The van der Waals surface area contributed by atoms with Gasteiger partial charge in [-0.15, -0.1) is 0 Å². The van der Waals surface area contributed by atoms with E-state index in [1.165, 1.54) is 32.9 Å². The average molecular weight is 519 g/mol. The summed E-state index contributed by atoms with van der Waals surface area (Å²) in [5.41, 5.74) is -5.07. The van der Waals surface area contributed by atoms with Gasteiger partial charge in [-0.25, -0.2) is 0 Å². The summed E-state index contributed by atoms with van der Waals surface area (Å²) in [6.07, 6.45) is 3.10. The van der Waals surface area contributed by atoms with Gasteiger partial charge >= 0.3 is 0 Å². The van der Waals surface area contributed by atoms with Crippen LogP contribution in [0.25, 0.3) is 0 Å². The van der Waals surface area contributed by atoms with Gasteiger partial charge in [0.1, 0.15) is 11.4 Å². The Balaban J connectivity index is 1.79. The van der Waals surface area contributed by atoms with Crippen molar-refractivity contribution in [1.29, 1.82) is 0 Å². The van der Waals surface area contributed by atoms with Crippen LogP contribution < -0.4 is 0 Å². The van der Waals surface area contributed by atoms with E-state index in [0.717, 1.165) is 5.57 Å². The fraction of sp³-hybridized carbons (Fsp3) is 0.800. The van der Waals surface area contributed by atoms with Gasteiger partial charge in [0.2, 0.25) is 0 Å². The first kappa shape index (κ1) is 28.6. The zero-order valence-corrected chi connectivity index (χ0v) is 23.6. The molecule has 0 aromatic rings. The molecule has 4 aliphatic carbocycles. The molecule has 0 aromatic heterocycles. The highest BCUT2D eigenvalue weighted by atomic mass is 16.3. The van der Waals surface area contributed by atoms with Crippen molar-refractivity contribution in [3.05, 3.63) is 23.8 Å². The number of carbonyl (C=O) groups excluding carboxylic acids is 2. The van der Waals surface area contributed by atoms with Crippen LogP contribution in [0.1, 0.15) is 81.1 Å². The second-order valence-corrected chi connectivity index (χ2v) is 14.4. The number of aliphatic hydroxyl groups is 5. The molecule has 4 rings (SSSR count). The summed E-state index contributed by atoms with van der Waals surface area (Å²) in [4.78, 5) is 27.4. The number of hydrogen-bond donors (Lipinski definition) is 5. The number of allylic oxidation sites excluding steroid dienone is 1. The summed E-state index contributed by atoms with van der Waals surface area (Å²) in [6.45, 7) is 14.3. The Morgan fingerprint density at radius 3 is 2.16 bits per heavy atom. The van der Waals surface area contributed by atoms with Gasteiger partial charge in [0.05, 0.1) is 23.9 Å². The van der Waals surface area contributed by atoms with Crippen LogP contribution in [0.5, 0.6) is 0 Å². The fourth-order valence-corrected chi connectivity index (χ4v) is 9.15. The molecule has 5 N–H and O–H groups in total. The van der Waals surface area contributed by atoms with Crippen LogP contribution in [-0.4, -0.2) is 66.6 Å². The number of fused-ring (bicyclic) bond motifs is 5. The lowest BCUT2D eigenvalue weighted by Crippen LogP contribution is -2.65. The van der Waals surface area contributed by atoms with Crippen molar-refractivity contribution < 1.29 is 35.1 Å². The van der Waals surface area contributed by atoms with Gasteiger partial charge in [0, 0.05) is 23.2 Å². The Kier molecular flexibility index (Phi) is 6.43. The number of hydrogen-bond acceptors (Lipinski definition) is 7. The largest absolute Gasteiger partial charge is 0.393 e. The summed E-state index contributed by atoms with van der Waals surface area (Å²) in [5.74, 6) is -1.88. The van der Waals surface area contributed by atoms with Gasteiger partial charge in [-0.1, -0.05) is 52.3 Å². The van der Waals surface area contributed by atoms with Gasteiger partial charge in [-0.2, -0.15) is 0 Å². The van der Waals surface area contributed by atoms with E-state index >= 15 is 0 Å². The predicted octanol–water partition coefficient (Wildman–Crippen LogP) is 2.72. The molecule has 3 fully saturated rings. The molecule has 37 heavy (non-hydrogen) atoms. The zero-order chi connectivity index (χ0) is 28.1. The van der Waals surface area contributed by atoms with Crippen LogP contribution in [-0.2, 0) is 9.59 Å². The van der Waals surface area contributed by atoms with Crippen LogP contribution in [0.4, 0.5) is 0 Å². The average Bonchev–Trinajstić information content (AvgIpc) is 2.96. The van der Waals surface area contributed by atoms with E-state index in [2.05, 4.69) is 13.0 Å². The van der Waals surface area contributed by atoms with Crippen molar-refractivity contribution >= 4 is 11.6 Å². The molecule has 0 radical (unpaired) electrons. The number of Topliss-reactive ketones (excluding diaryl/α,β-unsaturated/α-hetero) is 1. The molecule has 4 aliphatic rings. The van der Waals surface area contributed by atoms with Crippen molar-refractivity contribution in [3.63, 3.8) is 0 Å². The van der Waals surface area contributed by atoms with E-state index in [9.17, 15) is 35.1 Å². The maximum atomic E-state index is 14.2. The van der Waals surface area contributed by atoms with Crippen molar-refractivity contribution in [2.75, 3.05) is 0 Å². The first-order valence-corrected chi connectivity index (χ1v) is 13.6. The second-order valence-electron chi connectivity index (χ2n) is 14.4. The molecule has 7 nitrogen and oxygen atoms in total. The van der Waals surface area contributed by atoms with Crippen LogP contribution in [0.15, 0.2) is 23.8 Å². The molecule has 208 valence electrons. The van der Waals surface area contributed by atoms with E-state index < -0.39 is 62.9 Å². The number of aliphatic hydroxyl groups excluding tert-OH is 3. The van der Waals surface area contributed by atoms with Crippen LogP contribution >= 0.6 is 0 Å². The standard InChI is InChI=1S/C30H46O7/c1-25(2,36)12-11-21(33)30(8,37)23-19(32)14-27(5)20-10-9-16-17(13-18(31)24(35)26(16,3)4)29(20,7)22(34)15-28(23,27)6/h9,11-12,17-20,23-24,31-32,35-37H,10,13-15H2,1-8H3/b12-11+/t17-,18+,19-,20+,23+,24+,27+,28-,29+,30?/m1/s1. The van der Waals surface area contributed by atoms with Gasteiger partial charge < -0.3 is 25.5 Å². The topological polar surface area (TPSA) is 135 Å². The molecular formula is C30H46O7. The van der Waals surface area contributed by atoms with Crippen molar-refractivity contribution in [2.24, 2.45) is 39.4 Å². The van der Waals surface area contributed by atoms with E-state index in [4.69, 9.17) is 0 Å². The number of carbonyl (C=O) groups is 2. The molecule has 0 aliphatic heterocycles. The normalized spacial score (nSPS) is 47.1. The lowest BCUT2D eigenvalue weighted by molar-refractivity contribution is -0.186. The second kappa shape index (κ2) is 8.31. The number of ketones is 2. The summed E-state index contributed by atoms with van der Waals surface area (Å²) in [5, 5.41) is 54.6. The summed E-state index contributed by atoms with van der Waals surface area (Å²) < 4.78 is 0. The highest BCUT2D eigenvalue weighted by molar-refractivity contribution is 5.97. The highest BCUT2D eigenvalue weighted by Gasteiger charge is 2.74. The van der Waals surface area contributed by atoms with E-state index in [1.807, 2.05) is 27.7 Å². The molecular weight excluding hydrogens is 472 g/mol. The monoisotopic (exact) mass is 518 g/mol. The third-order valence-electron chi connectivity index (χ3n) is 11.4.